The number of nitrogens with zero attached hydrogens (tertiary/aromatic N) is 4. The van der Waals surface area contributed by atoms with Gasteiger partial charge in [-0.2, -0.15) is 0 Å². The molecule has 3 heterocycles. The molecule has 6 nitrogen and oxygen atoms in total. The van der Waals surface area contributed by atoms with E-state index in [1.807, 2.05) is 0 Å². The van der Waals surface area contributed by atoms with Crippen molar-refractivity contribution in [3.05, 3.63) is 58.0 Å². The first-order chi connectivity index (χ1) is 15.1. The van der Waals surface area contributed by atoms with Gasteiger partial charge in [-0.15, -0.1) is 0 Å². The molecule has 0 radical (unpaired) electrons. The molecular formula is C21H19Cl2F3N4O2. The van der Waals surface area contributed by atoms with Crippen LogP contribution >= 0.6 is 23.2 Å². The van der Waals surface area contributed by atoms with Crippen LogP contribution in [0.25, 0.3) is 0 Å². The quantitative estimate of drug-likeness (QED) is 0.645. The van der Waals surface area contributed by atoms with Crippen molar-refractivity contribution in [2.45, 2.75) is 24.9 Å². The minimum absolute atomic E-state index is 0.0430. The van der Waals surface area contributed by atoms with Gasteiger partial charge in [-0.25, -0.2) is 18.2 Å². The van der Waals surface area contributed by atoms with Crippen molar-refractivity contribution >= 4 is 40.8 Å². The summed E-state index contributed by atoms with van der Waals surface area (Å²) in [7, 11) is 0. The molecule has 1 unspecified atom stereocenters. The van der Waals surface area contributed by atoms with Gasteiger partial charge < -0.3 is 4.90 Å². The number of alkyl halides is 2. The minimum atomic E-state index is -2.59. The highest BCUT2D eigenvalue weighted by molar-refractivity contribution is 6.30. The van der Waals surface area contributed by atoms with Gasteiger partial charge >= 0.3 is 0 Å². The smallest absolute Gasteiger partial charge is 0.257 e. The molecule has 2 amide bonds. The number of hydrogen-bond donors (Lipinski definition) is 0. The highest BCUT2D eigenvalue weighted by Gasteiger charge is 2.61. The lowest BCUT2D eigenvalue weighted by Crippen LogP contribution is -2.81. The van der Waals surface area contributed by atoms with E-state index >= 15 is 0 Å². The Morgan fingerprint density at radius 2 is 1.78 bits per heavy atom. The summed E-state index contributed by atoms with van der Waals surface area (Å²) >= 11 is 11.7. The number of anilines is 1. The van der Waals surface area contributed by atoms with Gasteiger partial charge in [0.1, 0.15) is 12.1 Å². The molecule has 1 aromatic carbocycles. The van der Waals surface area contributed by atoms with E-state index < -0.39 is 48.7 Å². The standard InChI is InChI=1S/C21H19Cl2F3N4O2/c1-12(13-2-4-14(22)5-3-13)30-18(31)9-29(19-16(24)6-15(23)7-27-19)20(32)21(30)10-28(11-21)8-17(25)26/h2-7,12,17H,8-11H2,1H3. The van der Waals surface area contributed by atoms with Crippen molar-refractivity contribution in [1.82, 2.24) is 14.8 Å². The zero-order valence-electron chi connectivity index (χ0n) is 16.9. The van der Waals surface area contributed by atoms with Crippen LogP contribution in [0.5, 0.6) is 0 Å². The number of benzene rings is 1. The van der Waals surface area contributed by atoms with Gasteiger partial charge in [0.15, 0.2) is 11.6 Å². The van der Waals surface area contributed by atoms with Crippen LogP contribution in [0.4, 0.5) is 19.0 Å². The van der Waals surface area contributed by atoms with Gasteiger partial charge in [-0.3, -0.25) is 19.4 Å². The van der Waals surface area contributed by atoms with Crippen LogP contribution in [0.1, 0.15) is 18.5 Å². The summed E-state index contributed by atoms with van der Waals surface area (Å²) in [5.41, 5.74) is -0.691. The molecule has 0 bridgehead atoms. The molecule has 1 aromatic heterocycles. The Balaban J connectivity index is 1.72. The van der Waals surface area contributed by atoms with Gasteiger partial charge in [-0.05, 0) is 30.7 Å². The Labute approximate surface area is 192 Å². The maximum Gasteiger partial charge on any atom is 0.257 e. The number of carbonyl (C=O) groups excluding carboxylic acids is 2. The van der Waals surface area contributed by atoms with Crippen LogP contribution in [0, 0.1) is 5.82 Å². The average molecular weight is 487 g/mol. The first-order valence-corrected chi connectivity index (χ1v) is 10.6. The van der Waals surface area contributed by atoms with Gasteiger partial charge in [-0.1, -0.05) is 35.3 Å². The summed E-state index contributed by atoms with van der Waals surface area (Å²) in [6, 6.07) is 7.27. The second-order valence-electron chi connectivity index (χ2n) is 7.93. The van der Waals surface area contributed by atoms with Crippen molar-refractivity contribution in [3.63, 3.8) is 0 Å². The molecule has 2 aliphatic heterocycles. The topological polar surface area (TPSA) is 56.8 Å². The maximum absolute atomic E-state index is 14.5. The van der Waals surface area contributed by atoms with Crippen molar-refractivity contribution in [2.75, 3.05) is 31.1 Å². The predicted molar refractivity (Wildman–Crippen MR) is 113 cm³/mol. The maximum atomic E-state index is 14.5. The van der Waals surface area contributed by atoms with Crippen LogP contribution in [-0.2, 0) is 9.59 Å². The molecule has 0 saturated carbocycles. The highest BCUT2D eigenvalue weighted by atomic mass is 35.5. The Bertz CT molecular complexity index is 1050. The van der Waals surface area contributed by atoms with E-state index in [1.54, 1.807) is 31.2 Å². The van der Waals surface area contributed by atoms with E-state index in [0.29, 0.717) is 5.02 Å². The molecule has 170 valence electrons. The Hall–Kier alpha value is -2.36. The molecule has 2 aromatic rings. The normalized spacial score (nSPS) is 19.6. The molecule has 2 aliphatic rings. The molecule has 32 heavy (non-hydrogen) atoms. The van der Waals surface area contributed by atoms with Crippen LogP contribution in [0.2, 0.25) is 10.0 Å². The summed E-state index contributed by atoms with van der Waals surface area (Å²) in [5.74, 6) is -2.19. The van der Waals surface area contributed by atoms with E-state index in [0.717, 1.165) is 16.5 Å². The monoisotopic (exact) mass is 486 g/mol. The minimum Gasteiger partial charge on any atom is -0.317 e. The average Bonchev–Trinajstić information content (AvgIpc) is 2.69. The summed E-state index contributed by atoms with van der Waals surface area (Å²) < 4.78 is 40.4. The summed E-state index contributed by atoms with van der Waals surface area (Å²) in [6.07, 6.45) is -1.41. The molecule has 1 atom stereocenters. The molecule has 0 aliphatic carbocycles. The van der Waals surface area contributed by atoms with Crippen molar-refractivity contribution < 1.29 is 22.8 Å². The number of hydrogen-bond acceptors (Lipinski definition) is 4. The molecule has 1 spiro atoms. The van der Waals surface area contributed by atoms with Crippen LogP contribution < -0.4 is 4.90 Å². The molecule has 4 rings (SSSR count). The van der Waals surface area contributed by atoms with Crippen LogP contribution in [-0.4, -0.2) is 64.7 Å². The number of halogens is 5. The third-order valence-electron chi connectivity index (χ3n) is 5.82. The summed E-state index contributed by atoms with van der Waals surface area (Å²) in [5, 5.41) is 0.556. The number of carbonyl (C=O) groups is 2. The van der Waals surface area contributed by atoms with Gasteiger partial charge in [0.05, 0.1) is 17.6 Å². The second-order valence-corrected chi connectivity index (χ2v) is 8.81. The zero-order valence-corrected chi connectivity index (χ0v) is 18.5. The SMILES string of the molecule is CC(c1ccc(Cl)cc1)N1C(=O)CN(c2ncc(Cl)cc2F)C(=O)C12CN(CC(F)F)C2. The number of likely N-dealkylation sites (tertiary alicyclic amines) is 1. The fraction of sp³-hybridized carbons (Fsp3) is 0.381. The third-order valence-corrected chi connectivity index (χ3v) is 6.28. The zero-order chi connectivity index (χ0) is 23.2. The lowest BCUT2D eigenvalue weighted by atomic mass is 9.81. The summed E-state index contributed by atoms with van der Waals surface area (Å²) in [4.78, 5) is 34.6. The largest absolute Gasteiger partial charge is 0.317 e. The number of aromatic nitrogens is 1. The third kappa shape index (κ3) is 3.93. The van der Waals surface area contributed by atoms with Gasteiger partial charge in [0.2, 0.25) is 5.91 Å². The highest BCUT2D eigenvalue weighted by Crippen LogP contribution is 2.41. The van der Waals surface area contributed by atoms with Gasteiger partial charge in [0, 0.05) is 24.3 Å². The molecular weight excluding hydrogens is 468 g/mol. The molecule has 11 heteroatoms. The van der Waals surface area contributed by atoms with E-state index in [2.05, 4.69) is 4.98 Å². The summed E-state index contributed by atoms with van der Waals surface area (Å²) in [6.45, 7) is 0.610. The molecule has 2 fully saturated rings. The second kappa shape index (κ2) is 8.53. The van der Waals surface area contributed by atoms with Gasteiger partial charge in [0.25, 0.3) is 12.3 Å². The first kappa shape index (κ1) is 22.8. The number of piperazine rings is 1. The first-order valence-electron chi connectivity index (χ1n) is 9.83. The predicted octanol–water partition coefficient (Wildman–Crippen LogP) is 3.78. The van der Waals surface area contributed by atoms with Crippen LogP contribution in [0.3, 0.4) is 0 Å². The van der Waals surface area contributed by atoms with Crippen molar-refractivity contribution in [3.8, 4) is 0 Å². The fourth-order valence-corrected chi connectivity index (χ4v) is 4.71. The lowest BCUT2D eigenvalue weighted by Gasteiger charge is -2.59. The number of pyridine rings is 1. The Morgan fingerprint density at radius 1 is 1.12 bits per heavy atom. The molecule has 0 N–H and O–H groups in total. The van der Waals surface area contributed by atoms with Crippen molar-refractivity contribution in [1.29, 1.82) is 0 Å². The Kier molecular flexibility index (Phi) is 6.08. The molecule has 2 saturated heterocycles. The Morgan fingerprint density at radius 3 is 2.38 bits per heavy atom. The lowest BCUT2D eigenvalue weighted by molar-refractivity contribution is -0.169. The van der Waals surface area contributed by atoms with Crippen molar-refractivity contribution in [2.24, 2.45) is 0 Å². The van der Waals surface area contributed by atoms with E-state index in [1.165, 1.54) is 16.0 Å². The fourth-order valence-electron chi connectivity index (χ4n) is 4.44. The van der Waals surface area contributed by atoms with E-state index in [9.17, 15) is 22.8 Å². The van der Waals surface area contributed by atoms with E-state index in [-0.39, 0.29) is 23.9 Å². The van der Waals surface area contributed by atoms with Crippen LogP contribution in [0.15, 0.2) is 36.5 Å². The number of rotatable bonds is 5. The number of amides is 2. The van der Waals surface area contributed by atoms with E-state index in [4.69, 9.17) is 23.2 Å².